The van der Waals surface area contributed by atoms with Gasteiger partial charge in [0.05, 0.1) is 12.6 Å². The van der Waals surface area contributed by atoms with Crippen LogP contribution in [0.1, 0.15) is 52.9 Å². The highest BCUT2D eigenvalue weighted by Gasteiger charge is 2.57. The molecule has 1 spiro atoms. The van der Waals surface area contributed by atoms with Crippen LogP contribution in [0.5, 0.6) is 5.88 Å². The lowest BCUT2D eigenvalue weighted by atomic mass is 9.87. The number of carbonyl (C=O) groups excluding carboxylic acids is 4. The maximum atomic E-state index is 14.0. The lowest BCUT2D eigenvalue weighted by Crippen LogP contribution is -2.58. The second-order valence-corrected chi connectivity index (χ2v) is 12.2. The molecule has 2 fully saturated rings. The molecule has 0 unspecified atom stereocenters. The number of likely N-dealkylation sites (N-methyl/N-ethyl adjacent to an activating group) is 1. The van der Waals surface area contributed by atoms with E-state index < -0.39 is 58.9 Å². The highest BCUT2D eigenvalue weighted by Crippen LogP contribution is 2.40. The van der Waals surface area contributed by atoms with Crippen molar-refractivity contribution < 1.29 is 37.1 Å². The number of alkyl halides is 3. The van der Waals surface area contributed by atoms with Gasteiger partial charge in [-0.25, -0.2) is 4.98 Å². The number of rotatable bonds is 7. The lowest BCUT2D eigenvalue weighted by molar-refractivity contribution is -0.175. The largest absolute Gasteiger partial charge is 0.471 e. The molecule has 2 N–H and O–H groups in total. The molecular weight excluding hydrogens is 545 g/mol. The molecule has 1 aromatic heterocycles. The SMILES string of the molecule is CN(C(=O)[C@H](CC(C)(C)C)NC(=O)C(F)(F)F)[C@@H](CC1CC1)C(=O)N1C[C@@]2(C[C@H]1C#N)Oc1ncccc1NC2=O. The molecule has 0 bridgehead atoms. The maximum absolute atomic E-state index is 14.0. The summed E-state index contributed by atoms with van der Waals surface area (Å²) in [6.45, 7) is 4.85. The topological polar surface area (TPSA) is 145 Å². The number of nitriles is 1. The molecule has 222 valence electrons. The van der Waals surface area contributed by atoms with Crippen molar-refractivity contribution in [1.82, 2.24) is 20.1 Å². The van der Waals surface area contributed by atoms with Crippen LogP contribution in [0.3, 0.4) is 0 Å². The average molecular weight is 579 g/mol. The molecule has 2 aliphatic heterocycles. The Balaban J connectivity index is 1.60. The van der Waals surface area contributed by atoms with Crippen LogP contribution in [-0.2, 0) is 19.2 Å². The predicted molar refractivity (Wildman–Crippen MR) is 138 cm³/mol. The van der Waals surface area contributed by atoms with Crippen LogP contribution < -0.4 is 15.4 Å². The molecule has 3 heterocycles. The first-order valence-electron chi connectivity index (χ1n) is 13.3. The van der Waals surface area contributed by atoms with E-state index in [1.807, 2.05) is 6.07 Å². The van der Waals surface area contributed by atoms with Crippen LogP contribution in [0.2, 0.25) is 0 Å². The Labute approximate surface area is 235 Å². The third-order valence-electron chi connectivity index (χ3n) is 7.51. The molecule has 4 amide bonds. The van der Waals surface area contributed by atoms with E-state index in [0.717, 1.165) is 17.7 Å². The van der Waals surface area contributed by atoms with E-state index in [0.29, 0.717) is 5.69 Å². The minimum Gasteiger partial charge on any atom is -0.457 e. The Morgan fingerprint density at radius 2 is 2.00 bits per heavy atom. The van der Waals surface area contributed by atoms with E-state index in [9.17, 15) is 37.6 Å². The molecule has 4 atom stereocenters. The molecule has 41 heavy (non-hydrogen) atoms. The van der Waals surface area contributed by atoms with E-state index in [1.165, 1.54) is 18.1 Å². The highest BCUT2D eigenvalue weighted by atomic mass is 19.4. The summed E-state index contributed by atoms with van der Waals surface area (Å²) in [6, 6.07) is 1.50. The molecule has 1 aliphatic carbocycles. The number of nitrogens with zero attached hydrogens (tertiary/aromatic N) is 4. The van der Waals surface area contributed by atoms with Gasteiger partial charge >= 0.3 is 12.1 Å². The molecular formula is C27H33F3N6O5. The van der Waals surface area contributed by atoms with Crippen molar-refractivity contribution in [2.75, 3.05) is 18.9 Å². The van der Waals surface area contributed by atoms with E-state index in [4.69, 9.17) is 4.74 Å². The summed E-state index contributed by atoms with van der Waals surface area (Å²) in [5.74, 6) is -4.03. The van der Waals surface area contributed by atoms with Crippen molar-refractivity contribution in [2.45, 2.75) is 82.8 Å². The molecule has 1 saturated carbocycles. The van der Waals surface area contributed by atoms with Crippen LogP contribution in [0.15, 0.2) is 18.3 Å². The minimum atomic E-state index is -5.20. The number of ether oxygens (including phenoxy) is 1. The Morgan fingerprint density at radius 3 is 2.59 bits per heavy atom. The summed E-state index contributed by atoms with van der Waals surface area (Å²) in [6.07, 6.45) is -2.15. The first-order chi connectivity index (χ1) is 19.0. The van der Waals surface area contributed by atoms with Crippen molar-refractivity contribution in [3.05, 3.63) is 18.3 Å². The van der Waals surface area contributed by atoms with E-state index in [-0.39, 0.29) is 37.6 Å². The zero-order valence-corrected chi connectivity index (χ0v) is 23.2. The van der Waals surface area contributed by atoms with Gasteiger partial charge in [0.15, 0.2) is 0 Å². The van der Waals surface area contributed by atoms with Gasteiger partial charge in [-0.1, -0.05) is 33.6 Å². The van der Waals surface area contributed by atoms with Gasteiger partial charge in [-0.2, -0.15) is 18.4 Å². The zero-order chi connectivity index (χ0) is 30.3. The summed E-state index contributed by atoms with van der Waals surface area (Å²) >= 11 is 0. The van der Waals surface area contributed by atoms with Crippen LogP contribution in [0.4, 0.5) is 18.9 Å². The number of anilines is 1. The molecule has 0 radical (unpaired) electrons. The van der Waals surface area contributed by atoms with Gasteiger partial charge in [0.2, 0.25) is 23.3 Å². The molecule has 0 aromatic carbocycles. The quantitative estimate of drug-likeness (QED) is 0.506. The van der Waals surface area contributed by atoms with Gasteiger partial charge in [-0.3, -0.25) is 19.2 Å². The van der Waals surface area contributed by atoms with Crippen LogP contribution >= 0.6 is 0 Å². The van der Waals surface area contributed by atoms with Crippen molar-refractivity contribution in [2.24, 2.45) is 11.3 Å². The Bertz CT molecular complexity index is 1270. The highest BCUT2D eigenvalue weighted by molar-refractivity contribution is 6.02. The van der Waals surface area contributed by atoms with Gasteiger partial charge in [-0.15, -0.1) is 0 Å². The van der Waals surface area contributed by atoms with Crippen LogP contribution in [0.25, 0.3) is 0 Å². The fourth-order valence-electron chi connectivity index (χ4n) is 5.23. The second kappa shape index (κ2) is 10.8. The monoisotopic (exact) mass is 578 g/mol. The molecule has 11 nitrogen and oxygen atoms in total. The molecule has 1 aromatic rings. The number of likely N-dealkylation sites (tertiary alicyclic amines) is 1. The number of pyridine rings is 1. The summed E-state index contributed by atoms with van der Waals surface area (Å²) in [5.41, 5.74) is -1.87. The van der Waals surface area contributed by atoms with Gasteiger partial charge < -0.3 is 25.2 Å². The number of aromatic nitrogens is 1. The minimum absolute atomic E-state index is 0.104. The Kier molecular flexibility index (Phi) is 7.95. The average Bonchev–Trinajstić information content (AvgIpc) is 3.63. The van der Waals surface area contributed by atoms with Crippen molar-refractivity contribution in [1.29, 1.82) is 5.26 Å². The summed E-state index contributed by atoms with van der Waals surface area (Å²) < 4.78 is 45.2. The normalized spacial score (nSPS) is 23.5. The van der Waals surface area contributed by atoms with Gasteiger partial charge in [0.1, 0.15) is 23.8 Å². The fourth-order valence-corrected chi connectivity index (χ4v) is 5.23. The van der Waals surface area contributed by atoms with E-state index in [1.54, 1.807) is 38.2 Å². The van der Waals surface area contributed by atoms with E-state index >= 15 is 0 Å². The van der Waals surface area contributed by atoms with Crippen LogP contribution in [0, 0.1) is 22.7 Å². The van der Waals surface area contributed by atoms with Crippen molar-refractivity contribution in [3.63, 3.8) is 0 Å². The first-order valence-corrected chi connectivity index (χ1v) is 13.3. The number of carbonyl (C=O) groups is 4. The molecule has 14 heteroatoms. The third kappa shape index (κ3) is 6.55. The second-order valence-electron chi connectivity index (χ2n) is 12.2. The van der Waals surface area contributed by atoms with Gasteiger partial charge in [0.25, 0.3) is 5.91 Å². The fraction of sp³-hybridized carbons (Fsp3) is 0.630. The maximum Gasteiger partial charge on any atom is 0.471 e. The number of hydrogen-bond donors (Lipinski definition) is 2. The molecule has 3 aliphatic rings. The number of fused-ring (bicyclic) bond motifs is 1. The van der Waals surface area contributed by atoms with Gasteiger partial charge in [0, 0.05) is 19.7 Å². The summed E-state index contributed by atoms with van der Waals surface area (Å²) in [5, 5.41) is 14.4. The molecule has 1 saturated heterocycles. The summed E-state index contributed by atoms with van der Waals surface area (Å²) in [4.78, 5) is 58.9. The number of hydrogen-bond acceptors (Lipinski definition) is 7. The zero-order valence-electron chi connectivity index (χ0n) is 23.2. The smallest absolute Gasteiger partial charge is 0.457 e. The van der Waals surface area contributed by atoms with E-state index in [2.05, 4.69) is 10.3 Å². The third-order valence-corrected chi connectivity index (χ3v) is 7.51. The first kappa shape index (κ1) is 30.1. The Hall–Kier alpha value is -3.89. The van der Waals surface area contributed by atoms with Crippen LogP contribution in [-0.4, -0.2) is 81.9 Å². The standard InChI is InChI=1S/C27H33F3N6O5/c1-25(2,3)12-18(34-24(40)27(28,29)30)21(37)35(4)19(10-15-7-8-15)22(38)36-14-26(11-16(36)13-31)23(39)33-17-6-5-9-32-20(17)41-26/h5-6,9,15-16,18-19H,7-8,10-12,14H2,1-4H3,(H,33,39)(H,34,40)/t16-,18-,19-,26+/m0/s1. The van der Waals surface area contributed by atoms with Gasteiger partial charge in [-0.05, 0) is 36.3 Å². The lowest BCUT2D eigenvalue weighted by Gasteiger charge is -2.36. The van der Waals surface area contributed by atoms with Crippen molar-refractivity contribution >= 4 is 29.3 Å². The van der Waals surface area contributed by atoms with Crippen molar-refractivity contribution in [3.8, 4) is 11.9 Å². The number of nitrogens with one attached hydrogen (secondary N) is 2. The predicted octanol–water partition coefficient (Wildman–Crippen LogP) is 2.39. The number of amides is 4. The molecule has 4 rings (SSSR count). The number of halogens is 3. The summed E-state index contributed by atoms with van der Waals surface area (Å²) in [7, 11) is 1.31. The Morgan fingerprint density at radius 1 is 1.32 bits per heavy atom.